The highest BCUT2D eigenvalue weighted by molar-refractivity contribution is 7.21. The molecular formula is C22H20N2O3S. The molecule has 5 nitrogen and oxygen atoms in total. The molecule has 142 valence electrons. The van der Waals surface area contributed by atoms with Crippen molar-refractivity contribution in [2.24, 2.45) is 0 Å². The third-order valence-corrected chi connectivity index (χ3v) is 5.50. The summed E-state index contributed by atoms with van der Waals surface area (Å²) < 4.78 is 12.2. The quantitative estimate of drug-likeness (QED) is 0.510. The summed E-state index contributed by atoms with van der Waals surface area (Å²) in [6, 6.07) is 17.4. The smallest absolute Gasteiger partial charge is 0.287 e. The number of benzene rings is 2. The molecule has 2 aromatic carbocycles. The standard InChI is InChI=1S/C22H20N2O3S/c1-14-7-8-17(26-2)15(13-14)11-12-23-21(25)18-9-10-19(27-18)22-24-16-5-3-4-6-20(16)28-22/h3-10,13H,11-12H2,1-2H3,(H,23,25). The number of thiazole rings is 1. The number of methoxy groups -OCH3 is 1. The van der Waals surface area contributed by atoms with Crippen LogP contribution in [0.25, 0.3) is 21.0 Å². The van der Waals surface area contributed by atoms with Gasteiger partial charge in [0.1, 0.15) is 5.75 Å². The second-order valence-electron chi connectivity index (χ2n) is 6.47. The molecule has 0 atom stereocenters. The van der Waals surface area contributed by atoms with Gasteiger partial charge in [-0.25, -0.2) is 4.98 Å². The molecule has 0 aliphatic rings. The Balaban J connectivity index is 1.41. The fourth-order valence-electron chi connectivity index (χ4n) is 3.05. The molecule has 1 N–H and O–H groups in total. The number of carbonyl (C=O) groups is 1. The molecule has 4 aromatic rings. The molecular weight excluding hydrogens is 372 g/mol. The van der Waals surface area contributed by atoms with Gasteiger partial charge in [0, 0.05) is 6.54 Å². The molecule has 0 saturated heterocycles. The fourth-order valence-corrected chi connectivity index (χ4v) is 3.98. The summed E-state index contributed by atoms with van der Waals surface area (Å²) in [4.78, 5) is 17.0. The van der Waals surface area contributed by atoms with E-state index in [4.69, 9.17) is 9.15 Å². The van der Waals surface area contributed by atoms with Gasteiger partial charge in [-0.2, -0.15) is 0 Å². The molecule has 4 rings (SSSR count). The van der Waals surface area contributed by atoms with Crippen molar-refractivity contribution in [1.82, 2.24) is 10.3 Å². The maximum absolute atomic E-state index is 12.4. The third kappa shape index (κ3) is 3.77. The Labute approximate surface area is 167 Å². The maximum Gasteiger partial charge on any atom is 0.287 e. The van der Waals surface area contributed by atoms with E-state index < -0.39 is 0 Å². The van der Waals surface area contributed by atoms with Gasteiger partial charge in [0.15, 0.2) is 16.5 Å². The predicted molar refractivity (Wildman–Crippen MR) is 111 cm³/mol. The summed E-state index contributed by atoms with van der Waals surface area (Å²) in [6.07, 6.45) is 0.683. The average molecular weight is 392 g/mol. The van der Waals surface area contributed by atoms with Crippen molar-refractivity contribution < 1.29 is 13.9 Å². The number of nitrogens with one attached hydrogen (secondary N) is 1. The number of fused-ring (bicyclic) bond motifs is 1. The van der Waals surface area contributed by atoms with Crippen LogP contribution in [0.5, 0.6) is 5.75 Å². The molecule has 6 heteroatoms. The van der Waals surface area contributed by atoms with Gasteiger partial charge in [0.05, 0.1) is 17.3 Å². The van der Waals surface area contributed by atoms with Gasteiger partial charge in [-0.15, -0.1) is 11.3 Å². The van der Waals surface area contributed by atoms with Crippen molar-refractivity contribution >= 4 is 27.5 Å². The zero-order valence-electron chi connectivity index (χ0n) is 15.7. The average Bonchev–Trinajstić information content (AvgIpc) is 3.35. The monoisotopic (exact) mass is 392 g/mol. The van der Waals surface area contributed by atoms with Crippen molar-refractivity contribution in [2.45, 2.75) is 13.3 Å². The lowest BCUT2D eigenvalue weighted by atomic mass is 10.1. The first-order valence-electron chi connectivity index (χ1n) is 9.01. The first-order chi connectivity index (χ1) is 13.6. The molecule has 0 aliphatic carbocycles. The summed E-state index contributed by atoms with van der Waals surface area (Å²) in [5.41, 5.74) is 3.16. The van der Waals surface area contributed by atoms with Crippen LogP contribution in [0.4, 0.5) is 0 Å². The highest BCUT2D eigenvalue weighted by Crippen LogP contribution is 2.31. The first kappa shape index (κ1) is 18.3. The lowest BCUT2D eigenvalue weighted by Gasteiger charge is -2.09. The molecule has 2 aromatic heterocycles. The second kappa shape index (κ2) is 7.86. The first-order valence-corrected chi connectivity index (χ1v) is 9.83. The van der Waals surface area contributed by atoms with Crippen LogP contribution >= 0.6 is 11.3 Å². The normalized spacial score (nSPS) is 10.9. The zero-order valence-corrected chi connectivity index (χ0v) is 16.5. The van der Waals surface area contributed by atoms with Crippen LogP contribution in [0.1, 0.15) is 21.7 Å². The van der Waals surface area contributed by atoms with Gasteiger partial charge < -0.3 is 14.5 Å². The lowest BCUT2D eigenvalue weighted by Crippen LogP contribution is -2.25. The van der Waals surface area contributed by atoms with E-state index in [1.165, 1.54) is 0 Å². The maximum atomic E-state index is 12.4. The summed E-state index contributed by atoms with van der Waals surface area (Å²) in [7, 11) is 1.65. The Bertz CT molecular complexity index is 1100. The summed E-state index contributed by atoms with van der Waals surface area (Å²) in [5, 5.41) is 3.67. The zero-order chi connectivity index (χ0) is 19.5. The number of ether oxygens (including phenoxy) is 1. The van der Waals surface area contributed by atoms with Crippen molar-refractivity contribution in [3.8, 4) is 16.5 Å². The van der Waals surface area contributed by atoms with Gasteiger partial charge in [-0.05, 0) is 49.2 Å². The Morgan fingerprint density at radius 3 is 2.86 bits per heavy atom. The number of aryl methyl sites for hydroxylation is 1. The predicted octanol–water partition coefficient (Wildman–Crippen LogP) is 4.85. The number of hydrogen-bond acceptors (Lipinski definition) is 5. The molecule has 2 heterocycles. The largest absolute Gasteiger partial charge is 0.496 e. The number of nitrogens with zero attached hydrogens (tertiary/aromatic N) is 1. The Morgan fingerprint density at radius 2 is 2.04 bits per heavy atom. The van der Waals surface area contributed by atoms with E-state index in [0.29, 0.717) is 18.7 Å². The van der Waals surface area contributed by atoms with Gasteiger partial charge in [-0.1, -0.05) is 29.8 Å². The Morgan fingerprint density at radius 1 is 1.18 bits per heavy atom. The Hall–Kier alpha value is -3.12. The van der Waals surface area contributed by atoms with Crippen LogP contribution in [-0.2, 0) is 6.42 Å². The van der Waals surface area contributed by atoms with E-state index in [9.17, 15) is 4.79 Å². The molecule has 1 amide bonds. The molecule has 0 spiro atoms. The Kier molecular flexibility index (Phi) is 5.12. The highest BCUT2D eigenvalue weighted by atomic mass is 32.1. The van der Waals surface area contributed by atoms with E-state index >= 15 is 0 Å². The van der Waals surface area contributed by atoms with Crippen LogP contribution in [0.15, 0.2) is 59.0 Å². The van der Waals surface area contributed by atoms with Crippen LogP contribution in [0.2, 0.25) is 0 Å². The van der Waals surface area contributed by atoms with E-state index in [-0.39, 0.29) is 11.7 Å². The van der Waals surface area contributed by atoms with Crippen molar-refractivity contribution in [3.63, 3.8) is 0 Å². The van der Waals surface area contributed by atoms with Gasteiger partial charge in [0.25, 0.3) is 5.91 Å². The van der Waals surface area contributed by atoms with Gasteiger partial charge >= 0.3 is 0 Å². The minimum Gasteiger partial charge on any atom is -0.496 e. The van der Waals surface area contributed by atoms with Gasteiger partial charge in [0.2, 0.25) is 0 Å². The third-order valence-electron chi connectivity index (χ3n) is 4.45. The summed E-state index contributed by atoms with van der Waals surface area (Å²) >= 11 is 1.55. The number of carbonyl (C=O) groups excluding carboxylic acids is 1. The van der Waals surface area contributed by atoms with E-state index in [2.05, 4.69) is 16.4 Å². The second-order valence-corrected chi connectivity index (χ2v) is 7.50. The SMILES string of the molecule is COc1ccc(C)cc1CCNC(=O)c1ccc(-c2nc3ccccc3s2)o1. The highest BCUT2D eigenvalue weighted by Gasteiger charge is 2.15. The van der Waals surface area contributed by atoms with Crippen LogP contribution < -0.4 is 10.1 Å². The van der Waals surface area contributed by atoms with Crippen molar-refractivity contribution in [3.05, 3.63) is 71.5 Å². The van der Waals surface area contributed by atoms with Crippen molar-refractivity contribution in [2.75, 3.05) is 13.7 Å². The van der Waals surface area contributed by atoms with Gasteiger partial charge in [-0.3, -0.25) is 4.79 Å². The topological polar surface area (TPSA) is 64.4 Å². The summed E-state index contributed by atoms with van der Waals surface area (Å²) in [6.45, 7) is 2.53. The van der Waals surface area contributed by atoms with Crippen molar-refractivity contribution in [1.29, 1.82) is 0 Å². The number of rotatable bonds is 6. The number of para-hydroxylation sites is 1. The van der Waals surface area contributed by atoms with E-state index in [1.54, 1.807) is 30.6 Å². The lowest BCUT2D eigenvalue weighted by molar-refractivity contribution is 0.0927. The van der Waals surface area contributed by atoms with E-state index in [1.807, 2.05) is 43.3 Å². The number of hydrogen-bond donors (Lipinski definition) is 1. The molecule has 0 bridgehead atoms. The van der Waals surface area contributed by atoms with Crippen LogP contribution in [-0.4, -0.2) is 24.5 Å². The molecule has 0 saturated carbocycles. The summed E-state index contributed by atoms with van der Waals surface area (Å²) in [5.74, 6) is 1.48. The minimum absolute atomic E-state index is 0.237. The molecule has 0 radical (unpaired) electrons. The fraction of sp³-hybridized carbons (Fsp3) is 0.182. The number of amides is 1. The molecule has 28 heavy (non-hydrogen) atoms. The number of aromatic nitrogens is 1. The van der Waals surface area contributed by atoms with Crippen LogP contribution in [0, 0.1) is 6.92 Å². The number of furan rings is 1. The molecule has 0 fully saturated rings. The minimum atomic E-state index is -0.237. The van der Waals surface area contributed by atoms with Crippen LogP contribution in [0.3, 0.4) is 0 Å². The van der Waals surface area contributed by atoms with E-state index in [0.717, 1.165) is 32.1 Å². The molecule has 0 unspecified atom stereocenters. The molecule has 0 aliphatic heterocycles.